The van der Waals surface area contributed by atoms with Crippen LogP contribution in [0.15, 0.2) is 48.5 Å². The lowest BCUT2D eigenvalue weighted by Gasteiger charge is -2.29. The predicted molar refractivity (Wildman–Crippen MR) is 89.0 cm³/mol. The van der Waals surface area contributed by atoms with Crippen molar-refractivity contribution in [2.75, 3.05) is 20.2 Å². The third-order valence-electron chi connectivity index (χ3n) is 4.80. The Labute approximate surface area is 132 Å². The van der Waals surface area contributed by atoms with E-state index in [1.54, 1.807) is 0 Å². The molecular weight excluding hydrogens is 270 g/mol. The topological polar surface area (TPSA) is 12.5 Å². The van der Waals surface area contributed by atoms with Gasteiger partial charge in [-0.3, -0.25) is 4.90 Å². The predicted octanol–water partition coefficient (Wildman–Crippen LogP) is 4.12. The van der Waals surface area contributed by atoms with E-state index in [1.165, 1.54) is 35.1 Å². The summed E-state index contributed by atoms with van der Waals surface area (Å²) in [6, 6.07) is 17.7. The van der Waals surface area contributed by atoms with E-state index in [0.717, 1.165) is 25.6 Å². The standard InChI is InChI=1S/C20H23NO/c1-21-11-12-22-20(16-5-3-2-4-6-16)19-13-17(15-7-8-15)9-10-18(19)14-21/h2-6,9-10,13,15,20H,7-8,11-12,14H2,1H3. The number of nitrogens with zero attached hydrogens (tertiary/aromatic N) is 1. The quantitative estimate of drug-likeness (QED) is 0.826. The first-order valence-corrected chi connectivity index (χ1v) is 8.29. The second kappa shape index (κ2) is 5.86. The molecule has 0 aromatic heterocycles. The maximum Gasteiger partial charge on any atom is 0.108 e. The molecule has 1 atom stereocenters. The number of hydrogen-bond acceptors (Lipinski definition) is 2. The number of fused-ring (bicyclic) bond motifs is 1. The van der Waals surface area contributed by atoms with Crippen molar-refractivity contribution in [1.82, 2.24) is 4.90 Å². The maximum absolute atomic E-state index is 6.28. The molecule has 2 aromatic rings. The average Bonchev–Trinajstić information content (AvgIpc) is 3.36. The van der Waals surface area contributed by atoms with Gasteiger partial charge >= 0.3 is 0 Å². The summed E-state index contributed by atoms with van der Waals surface area (Å²) in [5.41, 5.74) is 5.52. The molecule has 22 heavy (non-hydrogen) atoms. The number of hydrogen-bond donors (Lipinski definition) is 0. The lowest BCUT2D eigenvalue weighted by atomic mass is 9.93. The summed E-state index contributed by atoms with van der Waals surface area (Å²) in [6.45, 7) is 2.77. The van der Waals surface area contributed by atoms with Crippen LogP contribution >= 0.6 is 0 Å². The fourth-order valence-corrected chi connectivity index (χ4v) is 3.36. The van der Waals surface area contributed by atoms with Gasteiger partial charge in [-0.15, -0.1) is 0 Å². The molecule has 2 nitrogen and oxygen atoms in total. The van der Waals surface area contributed by atoms with Gasteiger partial charge in [-0.2, -0.15) is 0 Å². The molecule has 0 radical (unpaired) electrons. The third-order valence-corrected chi connectivity index (χ3v) is 4.80. The highest BCUT2D eigenvalue weighted by Gasteiger charge is 2.27. The van der Waals surface area contributed by atoms with Crippen LogP contribution in [0.1, 0.15) is 47.1 Å². The molecule has 0 bridgehead atoms. The van der Waals surface area contributed by atoms with Gasteiger partial charge in [0.1, 0.15) is 6.10 Å². The molecule has 0 amide bonds. The van der Waals surface area contributed by atoms with E-state index in [-0.39, 0.29) is 6.10 Å². The van der Waals surface area contributed by atoms with E-state index in [0.29, 0.717) is 0 Å². The molecule has 0 saturated heterocycles. The van der Waals surface area contributed by atoms with Crippen LogP contribution in [0.5, 0.6) is 0 Å². The van der Waals surface area contributed by atoms with Gasteiger partial charge in [0.05, 0.1) is 6.61 Å². The highest BCUT2D eigenvalue weighted by Crippen LogP contribution is 2.42. The van der Waals surface area contributed by atoms with E-state index < -0.39 is 0 Å². The molecule has 4 rings (SSSR count). The monoisotopic (exact) mass is 293 g/mol. The minimum atomic E-state index is 0.0728. The minimum Gasteiger partial charge on any atom is -0.367 e. The second-order valence-corrected chi connectivity index (χ2v) is 6.63. The Morgan fingerprint density at radius 1 is 1.00 bits per heavy atom. The lowest BCUT2D eigenvalue weighted by Crippen LogP contribution is -2.28. The first kappa shape index (κ1) is 14.0. The molecule has 114 valence electrons. The van der Waals surface area contributed by atoms with E-state index in [4.69, 9.17) is 4.74 Å². The van der Waals surface area contributed by atoms with E-state index in [2.05, 4.69) is 60.5 Å². The summed E-state index contributed by atoms with van der Waals surface area (Å²) in [6.07, 6.45) is 2.76. The van der Waals surface area contributed by atoms with E-state index >= 15 is 0 Å². The first-order valence-electron chi connectivity index (χ1n) is 8.29. The zero-order valence-corrected chi connectivity index (χ0v) is 13.2. The Morgan fingerprint density at radius 2 is 1.82 bits per heavy atom. The summed E-state index contributed by atoms with van der Waals surface area (Å²) in [7, 11) is 2.17. The van der Waals surface area contributed by atoms with Crippen molar-refractivity contribution < 1.29 is 4.74 Å². The van der Waals surface area contributed by atoms with Gasteiger partial charge in [0.25, 0.3) is 0 Å². The molecule has 1 aliphatic carbocycles. The Bertz CT molecular complexity index is 648. The van der Waals surface area contributed by atoms with Crippen LogP contribution in [0.3, 0.4) is 0 Å². The minimum absolute atomic E-state index is 0.0728. The van der Waals surface area contributed by atoms with Crippen LogP contribution in [0.25, 0.3) is 0 Å². The fraction of sp³-hybridized carbons (Fsp3) is 0.400. The molecule has 2 aromatic carbocycles. The highest BCUT2D eigenvalue weighted by atomic mass is 16.5. The van der Waals surface area contributed by atoms with Gasteiger partial charge in [0, 0.05) is 13.1 Å². The maximum atomic E-state index is 6.28. The molecule has 1 aliphatic heterocycles. The van der Waals surface area contributed by atoms with Gasteiger partial charge in [0.2, 0.25) is 0 Å². The molecule has 1 heterocycles. The van der Waals surface area contributed by atoms with Crippen molar-refractivity contribution in [3.05, 3.63) is 70.8 Å². The zero-order chi connectivity index (χ0) is 14.9. The summed E-state index contributed by atoms with van der Waals surface area (Å²) < 4.78 is 6.28. The van der Waals surface area contributed by atoms with Gasteiger partial charge in [-0.05, 0) is 48.1 Å². The van der Waals surface area contributed by atoms with Gasteiger partial charge in [0.15, 0.2) is 0 Å². The van der Waals surface area contributed by atoms with Crippen LogP contribution < -0.4 is 0 Å². The smallest absolute Gasteiger partial charge is 0.108 e. The molecule has 0 spiro atoms. The van der Waals surface area contributed by atoms with E-state index in [9.17, 15) is 0 Å². The number of benzene rings is 2. The van der Waals surface area contributed by atoms with Crippen molar-refractivity contribution in [3.8, 4) is 0 Å². The molecule has 1 fully saturated rings. The third kappa shape index (κ3) is 2.81. The van der Waals surface area contributed by atoms with Crippen molar-refractivity contribution in [1.29, 1.82) is 0 Å². The van der Waals surface area contributed by atoms with Crippen LogP contribution in [0, 0.1) is 0 Å². The Kier molecular flexibility index (Phi) is 3.73. The summed E-state index contributed by atoms with van der Waals surface area (Å²) in [5, 5.41) is 0. The molecule has 1 saturated carbocycles. The van der Waals surface area contributed by atoms with Crippen LogP contribution in [-0.4, -0.2) is 25.1 Å². The van der Waals surface area contributed by atoms with E-state index in [1.807, 2.05) is 0 Å². The summed E-state index contributed by atoms with van der Waals surface area (Å²) in [4.78, 5) is 2.34. The summed E-state index contributed by atoms with van der Waals surface area (Å²) in [5.74, 6) is 0.782. The zero-order valence-electron chi connectivity index (χ0n) is 13.2. The van der Waals surface area contributed by atoms with Crippen molar-refractivity contribution in [2.45, 2.75) is 31.4 Å². The molecule has 1 unspecified atom stereocenters. The van der Waals surface area contributed by atoms with Crippen molar-refractivity contribution in [3.63, 3.8) is 0 Å². The number of rotatable bonds is 2. The number of ether oxygens (including phenoxy) is 1. The molecule has 2 heteroatoms. The Hall–Kier alpha value is -1.64. The molecular formula is C20H23NO. The first-order chi connectivity index (χ1) is 10.8. The van der Waals surface area contributed by atoms with Crippen molar-refractivity contribution >= 4 is 0 Å². The number of likely N-dealkylation sites (N-methyl/N-ethyl adjacent to an activating group) is 1. The Balaban J connectivity index is 1.79. The fourth-order valence-electron chi connectivity index (χ4n) is 3.36. The average molecular weight is 293 g/mol. The summed E-state index contributed by atoms with van der Waals surface area (Å²) >= 11 is 0. The lowest BCUT2D eigenvalue weighted by molar-refractivity contribution is 0.0553. The Morgan fingerprint density at radius 3 is 2.59 bits per heavy atom. The van der Waals surface area contributed by atoms with Gasteiger partial charge in [-0.1, -0.05) is 48.5 Å². The van der Waals surface area contributed by atoms with Crippen LogP contribution in [-0.2, 0) is 11.3 Å². The van der Waals surface area contributed by atoms with Gasteiger partial charge in [-0.25, -0.2) is 0 Å². The highest BCUT2D eigenvalue weighted by molar-refractivity contribution is 5.41. The van der Waals surface area contributed by atoms with Crippen LogP contribution in [0.4, 0.5) is 0 Å². The van der Waals surface area contributed by atoms with Crippen LogP contribution in [0.2, 0.25) is 0 Å². The largest absolute Gasteiger partial charge is 0.367 e. The second-order valence-electron chi connectivity index (χ2n) is 6.63. The van der Waals surface area contributed by atoms with Crippen molar-refractivity contribution in [2.24, 2.45) is 0 Å². The normalized spacial score (nSPS) is 22.7. The molecule has 0 N–H and O–H groups in total. The SMILES string of the molecule is CN1CCOC(c2ccccc2)c2cc(C3CC3)ccc2C1. The molecule has 2 aliphatic rings. The van der Waals surface area contributed by atoms with Gasteiger partial charge < -0.3 is 4.74 Å².